The number of fused-ring (bicyclic) bond motifs is 1. The Hall–Kier alpha value is -1.42. The van der Waals surface area contributed by atoms with Gasteiger partial charge in [0.2, 0.25) is 0 Å². The van der Waals surface area contributed by atoms with Crippen molar-refractivity contribution in [1.29, 1.82) is 0 Å². The van der Waals surface area contributed by atoms with E-state index in [0.29, 0.717) is 0 Å². The molecule has 0 spiro atoms. The molecule has 108 valence electrons. The number of nitrogens with two attached hydrogens (primary N) is 1. The zero-order valence-corrected chi connectivity index (χ0v) is 12.0. The molecule has 1 heterocycles. The van der Waals surface area contributed by atoms with Crippen molar-refractivity contribution in [2.45, 2.75) is 57.5 Å². The summed E-state index contributed by atoms with van der Waals surface area (Å²) in [6, 6.07) is 4.79. The van der Waals surface area contributed by atoms with Gasteiger partial charge in [-0.15, -0.1) is 0 Å². The molecular formula is C16H22FN3. The van der Waals surface area contributed by atoms with Gasteiger partial charge in [0.05, 0.1) is 11.0 Å². The highest BCUT2D eigenvalue weighted by atomic mass is 19.1. The van der Waals surface area contributed by atoms with E-state index in [1.807, 2.05) is 0 Å². The molecule has 0 aliphatic heterocycles. The van der Waals surface area contributed by atoms with Gasteiger partial charge in [-0.3, -0.25) is 0 Å². The van der Waals surface area contributed by atoms with Crippen molar-refractivity contribution < 1.29 is 4.39 Å². The third kappa shape index (κ3) is 2.44. The van der Waals surface area contributed by atoms with E-state index < -0.39 is 0 Å². The molecule has 3 nitrogen and oxygen atoms in total. The van der Waals surface area contributed by atoms with E-state index in [-0.39, 0.29) is 11.4 Å². The maximum atomic E-state index is 13.4. The number of aromatic nitrogens is 2. The zero-order chi connectivity index (χ0) is 14.2. The second kappa shape index (κ2) is 5.17. The van der Waals surface area contributed by atoms with Gasteiger partial charge >= 0.3 is 0 Å². The Morgan fingerprint density at radius 2 is 2.05 bits per heavy atom. The van der Waals surface area contributed by atoms with Crippen LogP contribution in [0.3, 0.4) is 0 Å². The third-order valence-electron chi connectivity index (χ3n) is 4.47. The Morgan fingerprint density at radius 3 is 2.75 bits per heavy atom. The summed E-state index contributed by atoms with van der Waals surface area (Å²) in [5.41, 5.74) is 8.15. The number of imidazole rings is 1. The van der Waals surface area contributed by atoms with E-state index in [9.17, 15) is 4.39 Å². The molecule has 2 aromatic rings. The molecule has 2 N–H and O–H groups in total. The summed E-state index contributed by atoms with van der Waals surface area (Å²) in [5, 5.41) is 0. The quantitative estimate of drug-likeness (QED) is 0.933. The van der Waals surface area contributed by atoms with Gasteiger partial charge in [0.25, 0.3) is 0 Å². The Bertz CT molecular complexity index is 611. The van der Waals surface area contributed by atoms with Gasteiger partial charge in [0.15, 0.2) is 0 Å². The first-order chi connectivity index (χ1) is 9.61. The van der Waals surface area contributed by atoms with Gasteiger partial charge in [0.1, 0.15) is 11.6 Å². The van der Waals surface area contributed by atoms with Crippen molar-refractivity contribution in [2.75, 3.05) is 0 Å². The summed E-state index contributed by atoms with van der Waals surface area (Å²) in [5.74, 6) is 0.788. The Labute approximate surface area is 119 Å². The SMILES string of the molecule is CCn1c(CC2(N)CCCCC2)nc2ccc(F)cc21. The highest BCUT2D eigenvalue weighted by molar-refractivity contribution is 5.76. The van der Waals surface area contributed by atoms with Crippen LogP contribution < -0.4 is 5.73 Å². The lowest BCUT2D eigenvalue weighted by molar-refractivity contribution is 0.287. The van der Waals surface area contributed by atoms with Crippen LogP contribution in [0.1, 0.15) is 44.9 Å². The average molecular weight is 275 g/mol. The van der Waals surface area contributed by atoms with Gasteiger partial charge in [-0.25, -0.2) is 9.37 Å². The zero-order valence-electron chi connectivity index (χ0n) is 12.0. The second-order valence-electron chi connectivity index (χ2n) is 6.01. The second-order valence-corrected chi connectivity index (χ2v) is 6.01. The molecule has 0 amide bonds. The maximum Gasteiger partial charge on any atom is 0.125 e. The van der Waals surface area contributed by atoms with Crippen molar-refractivity contribution in [2.24, 2.45) is 5.73 Å². The number of benzene rings is 1. The minimum Gasteiger partial charge on any atom is -0.328 e. The molecule has 0 unspecified atom stereocenters. The normalized spacial score (nSPS) is 18.6. The molecule has 1 aliphatic carbocycles. The first-order valence-corrected chi connectivity index (χ1v) is 7.55. The van der Waals surface area contributed by atoms with Gasteiger partial charge < -0.3 is 10.3 Å². The summed E-state index contributed by atoms with van der Waals surface area (Å²) in [7, 11) is 0. The lowest BCUT2D eigenvalue weighted by Crippen LogP contribution is -2.44. The molecule has 4 heteroatoms. The number of rotatable bonds is 3. The van der Waals surface area contributed by atoms with E-state index in [2.05, 4.69) is 16.5 Å². The van der Waals surface area contributed by atoms with Crippen molar-refractivity contribution in [1.82, 2.24) is 9.55 Å². The molecule has 20 heavy (non-hydrogen) atoms. The van der Waals surface area contributed by atoms with Crippen LogP contribution in [-0.2, 0) is 13.0 Å². The molecule has 0 bridgehead atoms. The predicted octanol–water partition coefficient (Wildman–Crippen LogP) is 3.40. The molecule has 3 rings (SSSR count). The molecule has 0 radical (unpaired) electrons. The first-order valence-electron chi connectivity index (χ1n) is 7.55. The Kier molecular flexibility index (Phi) is 3.50. The predicted molar refractivity (Wildman–Crippen MR) is 79.1 cm³/mol. The number of hydrogen-bond acceptors (Lipinski definition) is 2. The van der Waals surface area contributed by atoms with Crippen molar-refractivity contribution >= 4 is 11.0 Å². The minimum atomic E-state index is -0.209. The number of nitrogens with zero attached hydrogens (tertiary/aromatic N) is 2. The molecule has 0 saturated heterocycles. The Morgan fingerprint density at radius 1 is 1.30 bits per heavy atom. The van der Waals surface area contributed by atoms with Crippen molar-refractivity contribution in [3.05, 3.63) is 29.8 Å². The highest BCUT2D eigenvalue weighted by Gasteiger charge is 2.29. The van der Waals surface area contributed by atoms with Crippen LogP contribution in [0.15, 0.2) is 18.2 Å². The molecule has 1 aliphatic rings. The lowest BCUT2D eigenvalue weighted by Gasteiger charge is -2.33. The van der Waals surface area contributed by atoms with E-state index in [0.717, 1.165) is 42.7 Å². The molecule has 0 atom stereocenters. The van der Waals surface area contributed by atoms with Crippen LogP contribution in [0.25, 0.3) is 11.0 Å². The summed E-state index contributed by atoms with van der Waals surface area (Å²) in [6.45, 7) is 2.87. The summed E-state index contributed by atoms with van der Waals surface area (Å²) < 4.78 is 15.5. The topological polar surface area (TPSA) is 43.8 Å². The first kappa shape index (κ1) is 13.6. The molecular weight excluding hydrogens is 253 g/mol. The van der Waals surface area contributed by atoms with Crippen LogP contribution in [0.4, 0.5) is 4.39 Å². The van der Waals surface area contributed by atoms with E-state index >= 15 is 0 Å². The maximum absolute atomic E-state index is 13.4. The van der Waals surface area contributed by atoms with Gasteiger partial charge in [-0.05, 0) is 38.0 Å². The van der Waals surface area contributed by atoms with Crippen molar-refractivity contribution in [3.8, 4) is 0 Å². The highest BCUT2D eigenvalue weighted by Crippen LogP contribution is 2.30. The van der Waals surface area contributed by atoms with Crippen LogP contribution in [-0.4, -0.2) is 15.1 Å². The van der Waals surface area contributed by atoms with Gasteiger partial charge in [-0.2, -0.15) is 0 Å². The third-order valence-corrected chi connectivity index (χ3v) is 4.47. The fraction of sp³-hybridized carbons (Fsp3) is 0.562. The molecule has 1 aromatic carbocycles. The monoisotopic (exact) mass is 275 g/mol. The van der Waals surface area contributed by atoms with Gasteiger partial charge in [0, 0.05) is 18.5 Å². The summed E-state index contributed by atoms with van der Waals surface area (Å²) in [6.07, 6.45) is 6.61. The number of halogens is 1. The molecule has 1 fully saturated rings. The van der Waals surface area contributed by atoms with Crippen molar-refractivity contribution in [3.63, 3.8) is 0 Å². The standard InChI is InChI=1S/C16H22FN3/c1-2-20-14-10-12(17)6-7-13(14)19-15(20)11-16(18)8-4-3-5-9-16/h6-7,10H,2-5,8-9,11,18H2,1H3. The molecule has 1 aromatic heterocycles. The smallest absolute Gasteiger partial charge is 0.125 e. The number of aryl methyl sites for hydroxylation is 1. The van der Waals surface area contributed by atoms with Crippen LogP contribution in [0, 0.1) is 5.82 Å². The average Bonchev–Trinajstić information content (AvgIpc) is 2.75. The Balaban J connectivity index is 1.98. The largest absolute Gasteiger partial charge is 0.328 e. The van der Waals surface area contributed by atoms with Crippen LogP contribution >= 0.6 is 0 Å². The lowest BCUT2D eigenvalue weighted by atomic mass is 9.80. The van der Waals surface area contributed by atoms with E-state index in [4.69, 9.17) is 5.73 Å². The summed E-state index contributed by atoms with van der Waals surface area (Å²) >= 11 is 0. The van der Waals surface area contributed by atoms with Crippen LogP contribution in [0.5, 0.6) is 0 Å². The van der Waals surface area contributed by atoms with Crippen LogP contribution in [0.2, 0.25) is 0 Å². The minimum absolute atomic E-state index is 0.134. The van der Waals surface area contributed by atoms with E-state index in [1.54, 1.807) is 12.1 Å². The van der Waals surface area contributed by atoms with E-state index in [1.165, 1.54) is 25.3 Å². The van der Waals surface area contributed by atoms with Gasteiger partial charge in [-0.1, -0.05) is 19.3 Å². The fourth-order valence-electron chi connectivity index (χ4n) is 3.38. The molecule has 1 saturated carbocycles. The summed E-state index contributed by atoms with van der Waals surface area (Å²) in [4.78, 5) is 4.68. The fourth-order valence-corrected chi connectivity index (χ4v) is 3.38. The number of hydrogen-bond donors (Lipinski definition) is 1.